The minimum Gasteiger partial charge on any atom is -0.480 e. The molecular formula is C10H11N3O4. The number of carbonyl (C=O) groups is 2. The zero-order valence-electron chi connectivity index (χ0n) is 8.84. The predicted octanol–water partition coefficient (Wildman–Crippen LogP) is -0.471. The molecule has 0 aromatic carbocycles. The summed E-state index contributed by atoms with van der Waals surface area (Å²) in [4.78, 5) is 33.0. The van der Waals surface area contributed by atoms with Gasteiger partial charge in [0.05, 0.1) is 0 Å². The Balaban J connectivity index is 2.76. The maximum absolute atomic E-state index is 11.6. The average molecular weight is 237 g/mol. The van der Waals surface area contributed by atoms with Crippen molar-refractivity contribution in [3.8, 4) is 0 Å². The van der Waals surface area contributed by atoms with Gasteiger partial charge in [-0.15, -0.1) is 6.58 Å². The molecule has 0 radical (unpaired) electrons. The van der Waals surface area contributed by atoms with Gasteiger partial charge >= 0.3 is 5.97 Å². The number of carboxylic acid groups (broad SMARTS) is 1. The number of aliphatic carboxylic acids is 1. The molecule has 0 bridgehead atoms. The Morgan fingerprint density at radius 2 is 2.29 bits per heavy atom. The number of hydrogen-bond acceptors (Lipinski definition) is 4. The topological polar surface area (TPSA) is 112 Å². The van der Waals surface area contributed by atoms with Gasteiger partial charge in [0.1, 0.15) is 11.7 Å². The van der Waals surface area contributed by atoms with Crippen LogP contribution in [0.1, 0.15) is 16.9 Å². The van der Waals surface area contributed by atoms with E-state index in [2.05, 4.69) is 22.1 Å². The van der Waals surface area contributed by atoms with Crippen LogP contribution >= 0.6 is 0 Å². The lowest BCUT2D eigenvalue weighted by Crippen LogP contribution is -2.40. The monoisotopic (exact) mass is 237 g/mol. The van der Waals surface area contributed by atoms with Gasteiger partial charge in [0, 0.05) is 6.07 Å². The molecule has 1 atom stereocenters. The maximum atomic E-state index is 11.6. The molecule has 1 aromatic heterocycles. The molecule has 90 valence electrons. The van der Waals surface area contributed by atoms with Crippen LogP contribution in [-0.4, -0.2) is 33.2 Å². The summed E-state index contributed by atoms with van der Waals surface area (Å²) < 4.78 is 0. The van der Waals surface area contributed by atoms with Gasteiger partial charge in [0.15, 0.2) is 0 Å². The van der Waals surface area contributed by atoms with Gasteiger partial charge < -0.3 is 10.4 Å². The van der Waals surface area contributed by atoms with E-state index >= 15 is 0 Å². The maximum Gasteiger partial charge on any atom is 0.326 e. The number of rotatable bonds is 5. The zero-order valence-corrected chi connectivity index (χ0v) is 8.84. The van der Waals surface area contributed by atoms with Crippen LogP contribution in [0.15, 0.2) is 29.6 Å². The third-order valence-corrected chi connectivity index (χ3v) is 1.92. The van der Waals surface area contributed by atoms with Crippen molar-refractivity contribution in [1.82, 2.24) is 15.5 Å². The lowest BCUT2D eigenvalue weighted by Gasteiger charge is -2.11. The summed E-state index contributed by atoms with van der Waals surface area (Å²) in [5, 5.41) is 16.6. The van der Waals surface area contributed by atoms with Crippen LogP contribution in [-0.2, 0) is 4.79 Å². The summed E-state index contributed by atoms with van der Waals surface area (Å²) in [6.07, 6.45) is 1.49. The quantitative estimate of drug-likeness (QED) is 0.599. The lowest BCUT2D eigenvalue weighted by atomic mass is 10.2. The standard InChI is InChI=1S/C10H11N3O4/c1-2-3-7(10(16)17)11-9(15)6-4-5-8(14)13-12-6/h2,4-5,7H,1,3H2,(H,11,15)(H,13,14)(H,16,17). The van der Waals surface area contributed by atoms with Gasteiger partial charge in [-0.05, 0) is 12.5 Å². The van der Waals surface area contributed by atoms with Gasteiger partial charge in [0.25, 0.3) is 11.5 Å². The average Bonchev–Trinajstić information content (AvgIpc) is 2.29. The highest BCUT2D eigenvalue weighted by Gasteiger charge is 2.19. The molecule has 0 aliphatic rings. The Morgan fingerprint density at radius 1 is 1.59 bits per heavy atom. The smallest absolute Gasteiger partial charge is 0.326 e. The Morgan fingerprint density at radius 3 is 2.76 bits per heavy atom. The fourth-order valence-electron chi connectivity index (χ4n) is 1.09. The summed E-state index contributed by atoms with van der Waals surface area (Å²) >= 11 is 0. The number of carboxylic acids is 1. The molecule has 0 aliphatic heterocycles. The minimum absolute atomic E-state index is 0.0556. The molecular weight excluding hydrogens is 226 g/mol. The Labute approximate surface area is 96.2 Å². The fraction of sp³-hybridized carbons (Fsp3) is 0.200. The first kappa shape index (κ1) is 12.6. The molecule has 0 saturated heterocycles. The van der Waals surface area contributed by atoms with E-state index in [-0.39, 0.29) is 12.1 Å². The van der Waals surface area contributed by atoms with Crippen LogP contribution in [0, 0.1) is 0 Å². The van der Waals surface area contributed by atoms with Crippen molar-refractivity contribution >= 4 is 11.9 Å². The highest BCUT2D eigenvalue weighted by Crippen LogP contribution is 1.96. The van der Waals surface area contributed by atoms with Gasteiger partial charge in [-0.2, -0.15) is 5.10 Å². The third-order valence-electron chi connectivity index (χ3n) is 1.92. The highest BCUT2D eigenvalue weighted by atomic mass is 16.4. The summed E-state index contributed by atoms with van der Waals surface area (Å²) in [7, 11) is 0. The number of hydrogen-bond donors (Lipinski definition) is 3. The third kappa shape index (κ3) is 3.56. The van der Waals surface area contributed by atoms with Crippen molar-refractivity contribution in [2.24, 2.45) is 0 Å². The fourth-order valence-corrected chi connectivity index (χ4v) is 1.09. The summed E-state index contributed by atoms with van der Waals surface area (Å²) in [6, 6.07) is 1.28. The van der Waals surface area contributed by atoms with Gasteiger partial charge in [-0.25, -0.2) is 9.89 Å². The SMILES string of the molecule is C=CCC(NC(=O)c1ccc(=O)[nH]n1)C(=O)O. The van der Waals surface area contributed by atoms with Crippen LogP contribution in [0.4, 0.5) is 0 Å². The first-order chi connectivity index (χ1) is 8.04. The van der Waals surface area contributed by atoms with E-state index < -0.39 is 23.5 Å². The first-order valence-corrected chi connectivity index (χ1v) is 4.75. The van der Waals surface area contributed by atoms with Crippen molar-refractivity contribution in [3.63, 3.8) is 0 Å². The number of nitrogens with zero attached hydrogens (tertiary/aromatic N) is 1. The van der Waals surface area contributed by atoms with E-state index in [1.54, 1.807) is 0 Å². The van der Waals surface area contributed by atoms with E-state index in [0.29, 0.717) is 0 Å². The van der Waals surface area contributed by atoms with Crippen molar-refractivity contribution < 1.29 is 14.7 Å². The number of aromatic nitrogens is 2. The largest absolute Gasteiger partial charge is 0.480 e. The van der Waals surface area contributed by atoms with Crippen LogP contribution in [0.3, 0.4) is 0 Å². The van der Waals surface area contributed by atoms with Crippen molar-refractivity contribution in [2.75, 3.05) is 0 Å². The van der Waals surface area contributed by atoms with Crippen molar-refractivity contribution in [1.29, 1.82) is 0 Å². The zero-order chi connectivity index (χ0) is 12.8. The first-order valence-electron chi connectivity index (χ1n) is 4.75. The Hall–Kier alpha value is -2.44. The minimum atomic E-state index is -1.16. The Kier molecular flexibility index (Phi) is 4.15. The van der Waals surface area contributed by atoms with E-state index in [1.165, 1.54) is 12.1 Å². The molecule has 7 heteroatoms. The van der Waals surface area contributed by atoms with Crippen molar-refractivity contribution in [2.45, 2.75) is 12.5 Å². The lowest BCUT2D eigenvalue weighted by molar-refractivity contribution is -0.139. The second-order valence-corrected chi connectivity index (χ2v) is 3.20. The highest BCUT2D eigenvalue weighted by molar-refractivity contribution is 5.94. The number of H-pyrrole nitrogens is 1. The number of nitrogens with one attached hydrogen (secondary N) is 2. The summed E-state index contributed by atoms with van der Waals surface area (Å²) in [5.41, 5.74) is -0.498. The van der Waals surface area contributed by atoms with E-state index in [1.807, 2.05) is 0 Å². The molecule has 1 amide bonds. The molecule has 1 heterocycles. The number of carbonyl (C=O) groups excluding carboxylic acids is 1. The van der Waals surface area contributed by atoms with Gasteiger partial charge in [0.2, 0.25) is 0 Å². The molecule has 7 nitrogen and oxygen atoms in total. The molecule has 1 rings (SSSR count). The molecule has 0 fully saturated rings. The summed E-state index contributed by atoms with van der Waals surface area (Å²) in [6.45, 7) is 3.40. The molecule has 0 spiro atoms. The van der Waals surface area contributed by atoms with Crippen LogP contribution in [0.2, 0.25) is 0 Å². The molecule has 1 unspecified atom stereocenters. The van der Waals surface area contributed by atoms with Gasteiger partial charge in [-0.3, -0.25) is 9.59 Å². The normalized spacial score (nSPS) is 11.5. The predicted molar refractivity (Wildman–Crippen MR) is 58.6 cm³/mol. The molecule has 0 saturated carbocycles. The van der Waals surface area contributed by atoms with E-state index in [4.69, 9.17) is 5.11 Å². The van der Waals surface area contributed by atoms with Crippen LogP contribution < -0.4 is 10.9 Å². The van der Waals surface area contributed by atoms with Crippen LogP contribution in [0.25, 0.3) is 0 Å². The molecule has 17 heavy (non-hydrogen) atoms. The second-order valence-electron chi connectivity index (χ2n) is 3.20. The molecule has 1 aromatic rings. The van der Waals surface area contributed by atoms with Crippen molar-refractivity contribution in [3.05, 3.63) is 40.8 Å². The molecule has 3 N–H and O–H groups in total. The second kappa shape index (κ2) is 5.59. The molecule has 0 aliphatic carbocycles. The Bertz CT molecular complexity index is 474. The van der Waals surface area contributed by atoms with Gasteiger partial charge in [-0.1, -0.05) is 6.08 Å². The van der Waals surface area contributed by atoms with Crippen LogP contribution in [0.5, 0.6) is 0 Å². The van der Waals surface area contributed by atoms with E-state index in [0.717, 1.165) is 6.07 Å². The number of amides is 1. The number of aromatic amines is 1. The van der Waals surface area contributed by atoms with E-state index in [9.17, 15) is 14.4 Å². The summed E-state index contributed by atoms with van der Waals surface area (Å²) in [5.74, 6) is -1.84.